The molecule has 0 bridgehead atoms. The van der Waals surface area contributed by atoms with Crippen LogP contribution in [0.4, 0.5) is 0 Å². The SMILES string of the molecule is CC(C)(Cc1ccn[nH]1)N(OC=O)C1CCOC1. The molecule has 1 saturated heterocycles. The summed E-state index contributed by atoms with van der Waals surface area (Å²) in [4.78, 5) is 15.9. The molecule has 1 atom stereocenters. The van der Waals surface area contributed by atoms with E-state index in [0.717, 1.165) is 18.5 Å². The molecule has 100 valence electrons. The molecule has 6 nitrogen and oxygen atoms in total. The summed E-state index contributed by atoms with van der Waals surface area (Å²) in [5.74, 6) is 0. The van der Waals surface area contributed by atoms with Crippen LogP contribution in [0.25, 0.3) is 0 Å². The standard InChI is InChI=1S/C12H19N3O3/c1-12(2,7-10-3-5-13-14-10)15(18-9-16)11-4-6-17-8-11/h3,5,9,11H,4,6-8H2,1-2H3,(H,13,14). The first kappa shape index (κ1) is 13.0. The Morgan fingerprint density at radius 2 is 2.56 bits per heavy atom. The molecule has 2 heterocycles. The minimum Gasteiger partial charge on any atom is -0.380 e. The molecular formula is C12H19N3O3. The molecule has 18 heavy (non-hydrogen) atoms. The summed E-state index contributed by atoms with van der Waals surface area (Å²) in [5, 5.41) is 8.60. The third-order valence-corrected chi connectivity index (χ3v) is 3.17. The molecule has 0 aromatic carbocycles. The maximum absolute atomic E-state index is 10.7. The van der Waals surface area contributed by atoms with Gasteiger partial charge in [0.25, 0.3) is 0 Å². The van der Waals surface area contributed by atoms with Crippen LogP contribution >= 0.6 is 0 Å². The van der Waals surface area contributed by atoms with Gasteiger partial charge in [0.15, 0.2) is 0 Å². The third-order valence-electron chi connectivity index (χ3n) is 3.17. The van der Waals surface area contributed by atoms with E-state index in [9.17, 15) is 4.79 Å². The van der Waals surface area contributed by atoms with E-state index < -0.39 is 0 Å². The minimum absolute atomic E-state index is 0.119. The van der Waals surface area contributed by atoms with Crippen molar-refractivity contribution in [3.8, 4) is 0 Å². The van der Waals surface area contributed by atoms with E-state index in [2.05, 4.69) is 10.2 Å². The summed E-state index contributed by atoms with van der Waals surface area (Å²) in [5.41, 5.74) is 0.699. The normalized spacial score (nSPS) is 20.3. The molecule has 1 unspecified atom stereocenters. The summed E-state index contributed by atoms with van der Waals surface area (Å²) in [6.45, 7) is 5.86. The third kappa shape index (κ3) is 2.88. The van der Waals surface area contributed by atoms with Crippen molar-refractivity contribution in [3.05, 3.63) is 18.0 Å². The summed E-state index contributed by atoms with van der Waals surface area (Å²) in [6.07, 6.45) is 3.31. The van der Waals surface area contributed by atoms with Crippen LogP contribution in [0.2, 0.25) is 0 Å². The average molecular weight is 253 g/mol. The van der Waals surface area contributed by atoms with E-state index in [0.29, 0.717) is 19.7 Å². The van der Waals surface area contributed by atoms with Crippen molar-refractivity contribution >= 4 is 6.47 Å². The summed E-state index contributed by atoms with van der Waals surface area (Å²) >= 11 is 0. The Hall–Kier alpha value is -1.40. The monoisotopic (exact) mass is 253 g/mol. The second-order valence-electron chi connectivity index (χ2n) is 5.12. The van der Waals surface area contributed by atoms with Gasteiger partial charge in [-0.3, -0.25) is 9.89 Å². The van der Waals surface area contributed by atoms with E-state index in [1.54, 1.807) is 11.3 Å². The number of aromatic amines is 1. The number of hydrogen-bond acceptors (Lipinski definition) is 5. The predicted octanol–water partition coefficient (Wildman–Crippen LogP) is 0.910. The largest absolute Gasteiger partial charge is 0.380 e. The first-order chi connectivity index (χ1) is 8.63. The second kappa shape index (κ2) is 5.49. The van der Waals surface area contributed by atoms with Crippen LogP contribution in [0.15, 0.2) is 12.3 Å². The van der Waals surface area contributed by atoms with Crippen LogP contribution in [0.3, 0.4) is 0 Å². The molecular weight excluding hydrogens is 234 g/mol. The van der Waals surface area contributed by atoms with Crippen molar-refractivity contribution < 1.29 is 14.4 Å². The van der Waals surface area contributed by atoms with Gasteiger partial charge in [0.05, 0.1) is 18.2 Å². The van der Waals surface area contributed by atoms with Gasteiger partial charge < -0.3 is 9.57 Å². The minimum atomic E-state index is -0.314. The average Bonchev–Trinajstić information content (AvgIpc) is 2.97. The van der Waals surface area contributed by atoms with E-state index in [-0.39, 0.29) is 11.6 Å². The zero-order valence-corrected chi connectivity index (χ0v) is 10.8. The number of nitrogens with zero attached hydrogens (tertiary/aromatic N) is 2. The van der Waals surface area contributed by atoms with Crippen molar-refractivity contribution in [1.82, 2.24) is 15.3 Å². The fourth-order valence-corrected chi connectivity index (χ4v) is 2.40. The highest BCUT2D eigenvalue weighted by Gasteiger charge is 2.37. The summed E-state index contributed by atoms with van der Waals surface area (Å²) < 4.78 is 5.36. The highest BCUT2D eigenvalue weighted by molar-refractivity contribution is 5.36. The van der Waals surface area contributed by atoms with Gasteiger partial charge in [0.1, 0.15) is 0 Å². The molecule has 1 aromatic heterocycles. The number of hydrogen-bond donors (Lipinski definition) is 1. The van der Waals surface area contributed by atoms with Crippen LogP contribution in [0, 0.1) is 0 Å². The van der Waals surface area contributed by atoms with Gasteiger partial charge in [-0.25, -0.2) is 0 Å². The van der Waals surface area contributed by atoms with E-state index >= 15 is 0 Å². The van der Waals surface area contributed by atoms with Gasteiger partial charge in [0.2, 0.25) is 0 Å². The Labute approximate surface area is 106 Å². The van der Waals surface area contributed by atoms with Crippen LogP contribution < -0.4 is 0 Å². The van der Waals surface area contributed by atoms with Gasteiger partial charge in [0, 0.05) is 24.9 Å². The van der Waals surface area contributed by atoms with Gasteiger partial charge in [-0.15, -0.1) is 5.06 Å². The van der Waals surface area contributed by atoms with Crippen LogP contribution in [-0.2, 0) is 20.8 Å². The molecule has 1 aliphatic heterocycles. The van der Waals surface area contributed by atoms with Gasteiger partial charge in [-0.2, -0.15) is 5.10 Å². The smallest absolute Gasteiger partial charge is 0.313 e. The topological polar surface area (TPSA) is 67.5 Å². The Morgan fingerprint density at radius 1 is 1.72 bits per heavy atom. The second-order valence-corrected chi connectivity index (χ2v) is 5.12. The number of rotatable bonds is 6. The molecule has 0 saturated carbocycles. The fraction of sp³-hybridized carbons (Fsp3) is 0.667. The molecule has 1 aromatic rings. The quantitative estimate of drug-likeness (QED) is 0.603. The maximum atomic E-state index is 10.7. The van der Waals surface area contributed by atoms with Gasteiger partial charge in [-0.05, 0) is 26.3 Å². The highest BCUT2D eigenvalue weighted by Crippen LogP contribution is 2.25. The van der Waals surface area contributed by atoms with Crippen LogP contribution in [0.5, 0.6) is 0 Å². The molecule has 0 radical (unpaired) electrons. The van der Waals surface area contributed by atoms with Crippen molar-refractivity contribution in [2.24, 2.45) is 0 Å². The Balaban J connectivity index is 2.09. The van der Waals surface area contributed by atoms with Crippen molar-refractivity contribution in [1.29, 1.82) is 0 Å². The van der Waals surface area contributed by atoms with E-state index in [1.165, 1.54) is 0 Å². The number of carbonyl (C=O) groups is 1. The zero-order valence-electron chi connectivity index (χ0n) is 10.8. The number of nitrogens with one attached hydrogen (secondary N) is 1. The Morgan fingerprint density at radius 3 is 3.11 bits per heavy atom. The highest BCUT2D eigenvalue weighted by atomic mass is 16.7. The molecule has 0 amide bonds. The molecule has 0 aliphatic carbocycles. The zero-order chi connectivity index (χ0) is 13.0. The number of hydroxylamine groups is 2. The van der Waals surface area contributed by atoms with Gasteiger partial charge >= 0.3 is 6.47 Å². The van der Waals surface area contributed by atoms with Crippen LogP contribution in [0.1, 0.15) is 26.0 Å². The molecule has 1 aliphatic rings. The molecule has 2 rings (SSSR count). The van der Waals surface area contributed by atoms with E-state index in [4.69, 9.17) is 9.57 Å². The molecule has 6 heteroatoms. The number of H-pyrrole nitrogens is 1. The Kier molecular flexibility index (Phi) is 3.98. The first-order valence-corrected chi connectivity index (χ1v) is 6.09. The summed E-state index contributed by atoms with van der Waals surface area (Å²) in [7, 11) is 0. The first-order valence-electron chi connectivity index (χ1n) is 6.09. The lowest BCUT2D eigenvalue weighted by molar-refractivity contribution is -0.219. The van der Waals surface area contributed by atoms with Crippen LogP contribution in [-0.4, -0.2) is 46.5 Å². The lowest BCUT2D eigenvalue weighted by atomic mass is 9.96. The lowest BCUT2D eigenvalue weighted by Gasteiger charge is -2.38. The molecule has 0 spiro atoms. The van der Waals surface area contributed by atoms with Crippen molar-refractivity contribution in [2.75, 3.05) is 13.2 Å². The van der Waals surface area contributed by atoms with Crippen molar-refractivity contribution in [3.63, 3.8) is 0 Å². The van der Waals surface area contributed by atoms with Crippen molar-refractivity contribution in [2.45, 2.75) is 38.3 Å². The predicted molar refractivity (Wildman–Crippen MR) is 64.6 cm³/mol. The molecule has 1 N–H and O–H groups in total. The summed E-state index contributed by atoms with van der Waals surface area (Å²) in [6, 6.07) is 2.04. The lowest BCUT2D eigenvalue weighted by Crippen LogP contribution is -2.51. The molecule has 1 fully saturated rings. The number of aromatic nitrogens is 2. The van der Waals surface area contributed by atoms with Gasteiger partial charge in [-0.1, -0.05) is 0 Å². The number of ether oxygens (including phenoxy) is 1. The Bertz CT molecular complexity index is 372. The maximum Gasteiger partial charge on any atom is 0.313 e. The number of carbonyl (C=O) groups excluding carboxylic acids is 1. The van der Waals surface area contributed by atoms with E-state index in [1.807, 2.05) is 19.9 Å². The fourth-order valence-electron chi connectivity index (χ4n) is 2.40.